The second kappa shape index (κ2) is 10.4. The monoisotopic (exact) mass is 150 g/mol. The molecular weight excluding hydrogens is 136 g/mol. The van der Waals surface area contributed by atoms with Gasteiger partial charge in [0.2, 0.25) is 0 Å². The van der Waals surface area contributed by atoms with E-state index in [0.717, 1.165) is 11.5 Å². The Hall–Kier alpha value is 0.440. The van der Waals surface area contributed by atoms with Crippen LogP contribution in [-0.4, -0.2) is 11.5 Å². The van der Waals surface area contributed by atoms with Crippen LogP contribution in [0.2, 0.25) is 0 Å². The summed E-state index contributed by atoms with van der Waals surface area (Å²) in [7, 11) is 0. The molecule has 2 heteroatoms. The normalized spacial score (nSPS) is 7.00. The van der Waals surface area contributed by atoms with Crippen LogP contribution in [0.1, 0.15) is 13.8 Å². The van der Waals surface area contributed by atoms with Gasteiger partial charge in [-0.1, -0.05) is 5.57 Å². The maximum Gasteiger partial charge on any atom is -0.000932 e. The molecule has 0 saturated carbocycles. The molecule has 50 valence electrons. The van der Waals surface area contributed by atoms with Crippen molar-refractivity contribution in [3.63, 3.8) is 0 Å². The minimum absolute atomic E-state index is 0.878. The van der Waals surface area contributed by atoms with Crippen LogP contribution in [0.3, 0.4) is 0 Å². The molecule has 0 aromatic heterocycles. The first kappa shape index (κ1) is 11.3. The van der Waals surface area contributed by atoms with Crippen molar-refractivity contribution in [3.8, 4) is 0 Å². The van der Waals surface area contributed by atoms with Gasteiger partial charge in [0, 0.05) is 0 Å². The standard InChI is InChI=1S/C4H8.C2H6S2/c1-4(2)3;3-1-2-4/h1H2,2-3H3;3-4H,1-2H2. The molecule has 0 spiro atoms. The molecule has 0 rings (SSSR count). The Morgan fingerprint density at radius 2 is 1.38 bits per heavy atom. The second-order valence-corrected chi connectivity index (χ2v) is 2.55. The van der Waals surface area contributed by atoms with E-state index < -0.39 is 0 Å². The van der Waals surface area contributed by atoms with Crippen molar-refractivity contribution in [2.75, 3.05) is 11.5 Å². The van der Waals surface area contributed by atoms with E-state index in [9.17, 15) is 0 Å². The molecule has 0 aromatic rings. The quantitative estimate of drug-likeness (QED) is 0.416. The summed E-state index contributed by atoms with van der Waals surface area (Å²) in [5.41, 5.74) is 1.17. The summed E-state index contributed by atoms with van der Waals surface area (Å²) < 4.78 is 0. The molecule has 0 N–H and O–H groups in total. The van der Waals surface area contributed by atoms with Crippen molar-refractivity contribution in [2.24, 2.45) is 0 Å². The van der Waals surface area contributed by atoms with Crippen LogP contribution < -0.4 is 0 Å². The van der Waals surface area contributed by atoms with Gasteiger partial charge in [-0.05, 0) is 25.4 Å². The summed E-state index contributed by atoms with van der Waals surface area (Å²) in [5.74, 6) is 1.76. The topological polar surface area (TPSA) is 0 Å². The van der Waals surface area contributed by atoms with Crippen molar-refractivity contribution in [1.29, 1.82) is 0 Å². The first-order chi connectivity index (χ1) is 3.65. The van der Waals surface area contributed by atoms with Gasteiger partial charge in [0.15, 0.2) is 0 Å². The van der Waals surface area contributed by atoms with Gasteiger partial charge in [-0.3, -0.25) is 0 Å². The summed E-state index contributed by atoms with van der Waals surface area (Å²) in [6, 6.07) is 0. The smallest absolute Gasteiger partial charge is 0.000932 e. The summed E-state index contributed by atoms with van der Waals surface area (Å²) in [4.78, 5) is 0. The van der Waals surface area contributed by atoms with Crippen LogP contribution in [-0.2, 0) is 0 Å². The molecular formula is C6H14S2. The highest BCUT2D eigenvalue weighted by Crippen LogP contribution is 1.73. The highest BCUT2D eigenvalue weighted by atomic mass is 32.1. The van der Waals surface area contributed by atoms with Gasteiger partial charge < -0.3 is 0 Å². The van der Waals surface area contributed by atoms with Crippen molar-refractivity contribution in [2.45, 2.75) is 13.8 Å². The van der Waals surface area contributed by atoms with Crippen LogP contribution in [0.25, 0.3) is 0 Å². The third-order valence-electron chi connectivity index (χ3n) is 0.1000. The first-order valence-corrected chi connectivity index (χ1v) is 3.75. The number of hydrogen-bond acceptors (Lipinski definition) is 2. The minimum Gasteiger partial charge on any atom is -0.179 e. The van der Waals surface area contributed by atoms with Gasteiger partial charge in [-0.25, -0.2) is 0 Å². The van der Waals surface area contributed by atoms with Crippen molar-refractivity contribution in [3.05, 3.63) is 12.2 Å². The SMILES string of the molecule is C=C(C)C.SCCS. The molecule has 0 aliphatic heterocycles. The maximum atomic E-state index is 3.84. The van der Waals surface area contributed by atoms with Crippen molar-refractivity contribution in [1.82, 2.24) is 0 Å². The molecule has 0 fully saturated rings. The number of thiol groups is 2. The fraction of sp³-hybridized carbons (Fsp3) is 0.667. The molecule has 0 heterocycles. The van der Waals surface area contributed by atoms with Crippen molar-refractivity contribution >= 4 is 25.3 Å². The Morgan fingerprint density at radius 1 is 1.25 bits per heavy atom. The third kappa shape index (κ3) is 91.9. The summed E-state index contributed by atoms with van der Waals surface area (Å²) in [6.45, 7) is 7.50. The van der Waals surface area contributed by atoms with E-state index >= 15 is 0 Å². The predicted molar refractivity (Wildman–Crippen MR) is 48.2 cm³/mol. The number of hydrogen-bond donors (Lipinski definition) is 2. The Bertz CT molecular complexity index is 44.5. The average molecular weight is 150 g/mol. The second-order valence-electron chi connectivity index (χ2n) is 1.65. The van der Waals surface area contributed by atoms with Gasteiger partial charge in [-0.2, -0.15) is 25.3 Å². The molecule has 0 amide bonds. The maximum absolute atomic E-state index is 3.84. The lowest BCUT2D eigenvalue weighted by Crippen LogP contribution is -1.64. The van der Waals surface area contributed by atoms with E-state index in [2.05, 4.69) is 31.8 Å². The van der Waals surface area contributed by atoms with Gasteiger partial charge >= 0.3 is 0 Å². The minimum atomic E-state index is 0.878. The Kier molecular flexibility index (Phi) is 14.7. The van der Waals surface area contributed by atoms with Crippen molar-refractivity contribution < 1.29 is 0 Å². The van der Waals surface area contributed by atoms with Crippen LogP contribution in [0.4, 0.5) is 0 Å². The van der Waals surface area contributed by atoms with Crippen LogP contribution >= 0.6 is 25.3 Å². The number of allylic oxidation sites excluding steroid dienone is 1. The highest BCUT2D eigenvalue weighted by molar-refractivity contribution is 7.84. The zero-order valence-electron chi connectivity index (χ0n) is 5.52. The van der Waals surface area contributed by atoms with E-state index in [0.29, 0.717) is 0 Å². The van der Waals surface area contributed by atoms with Gasteiger partial charge in [0.1, 0.15) is 0 Å². The average Bonchev–Trinajstić information content (AvgIpc) is 1.65. The fourth-order valence-electron chi connectivity index (χ4n) is 0. The molecule has 0 radical (unpaired) electrons. The molecule has 0 aromatic carbocycles. The van der Waals surface area contributed by atoms with Crippen LogP contribution in [0.5, 0.6) is 0 Å². The lowest BCUT2D eigenvalue weighted by Gasteiger charge is -1.67. The molecule has 0 unspecified atom stereocenters. The van der Waals surface area contributed by atoms with Crippen LogP contribution in [0.15, 0.2) is 12.2 Å². The Labute approximate surface area is 63.2 Å². The summed E-state index contributed by atoms with van der Waals surface area (Å²) >= 11 is 7.69. The predicted octanol–water partition coefficient (Wildman–Crippen LogP) is 2.43. The summed E-state index contributed by atoms with van der Waals surface area (Å²) in [6.07, 6.45) is 0. The van der Waals surface area contributed by atoms with E-state index in [-0.39, 0.29) is 0 Å². The van der Waals surface area contributed by atoms with Gasteiger partial charge in [0.05, 0.1) is 0 Å². The first-order valence-electron chi connectivity index (χ1n) is 2.49. The molecule has 0 aliphatic rings. The van der Waals surface area contributed by atoms with E-state index in [1.54, 1.807) is 0 Å². The lowest BCUT2D eigenvalue weighted by molar-refractivity contribution is 1.42. The molecule has 0 atom stereocenters. The molecule has 0 nitrogen and oxygen atoms in total. The molecule has 8 heavy (non-hydrogen) atoms. The summed E-state index contributed by atoms with van der Waals surface area (Å²) in [5, 5.41) is 0. The van der Waals surface area contributed by atoms with E-state index in [1.165, 1.54) is 5.57 Å². The van der Waals surface area contributed by atoms with E-state index in [1.807, 2.05) is 13.8 Å². The Morgan fingerprint density at radius 3 is 1.38 bits per heavy atom. The zero-order valence-corrected chi connectivity index (χ0v) is 7.30. The third-order valence-corrected chi connectivity index (χ3v) is 0.900. The largest absolute Gasteiger partial charge is 0.179 e. The van der Waals surface area contributed by atoms with E-state index in [4.69, 9.17) is 0 Å². The number of rotatable bonds is 1. The molecule has 0 saturated heterocycles. The van der Waals surface area contributed by atoms with Gasteiger partial charge in [-0.15, -0.1) is 6.58 Å². The Balaban J connectivity index is 0. The van der Waals surface area contributed by atoms with Crippen LogP contribution in [0, 0.1) is 0 Å². The molecule has 0 bridgehead atoms. The highest BCUT2D eigenvalue weighted by Gasteiger charge is 1.57. The molecule has 0 aliphatic carbocycles. The van der Waals surface area contributed by atoms with Gasteiger partial charge in [0.25, 0.3) is 0 Å². The lowest BCUT2D eigenvalue weighted by atomic mass is 10.4. The fourth-order valence-corrected chi connectivity index (χ4v) is 0. The zero-order chi connectivity index (χ0) is 6.99.